The highest BCUT2D eigenvalue weighted by atomic mass is 35.5. The fourth-order valence-corrected chi connectivity index (χ4v) is 4.57. The molecule has 0 atom stereocenters. The molecule has 0 spiro atoms. The molecule has 0 unspecified atom stereocenters. The van der Waals surface area contributed by atoms with Crippen LogP contribution < -0.4 is 23.5 Å². The second kappa shape index (κ2) is 7.61. The topological polar surface area (TPSA) is 40.8 Å². The monoisotopic (exact) mass is 446 g/mol. The number of methoxy groups -OCH3 is 1. The maximum atomic E-state index is 6.27. The summed E-state index contributed by atoms with van der Waals surface area (Å²) >= 11 is 6.01. The Balaban J connectivity index is 1.43. The van der Waals surface area contributed by atoms with Crippen molar-refractivity contribution in [2.24, 2.45) is 0 Å². The van der Waals surface area contributed by atoms with Crippen LogP contribution in [0.3, 0.4) is 0 Å². The molecule has 2 aliphatic rings. The van der Waals surface area contributed by atoms with E-state index in [0.29, 0.717) is 17.4 Å². The van der Waals surface area contributed by atoms with Gasteiger partial charge in [0.05, 0.1) is 18.1 Å². The zero-order valence-corrected chi connectivity index (χ0v) is 18.3. The molecule has 0 amide bonds. The van der Waals surface area contributed by atoms with E-state index in [1.54, 1.807) is 7.11 Å². The van der Waals surface area contributed by atoms with E-state index in [9.17, 15) is 0 Å². The van der Waals surface area contributed by atoms with Crippen LogP contribution in [0.25, 0.3) is 22.0 Å². The van der Waals surface area contributed by atoms with Gasteiger partial charge in [0.1, 0.15) is 6.61 Å². The Morgan fingerprint density at radius 2 is 1.81 bits per heavy atom. The van der Waals surface area contributed by atoms with Gasteiger partial charge in [-0.25, -0.2) is 0 Å². The highest BCUT2D eigenvalue weighted by molar-refractivity contribution is 6.30. The molecule has 0 bridgehead atoms. The SMILES string of the molecule is COc1ccc2cc3[n+](cc2c1OCc1ccc(Cl)cc1)CCc1cc2c(cc1-3)OCO2. The van der Waals surface area contributed by atoms with Crippen molar-refractivity contribution in [1.29, 1.82) is 0 Å². The molecule has 0 N–H and O–H groups in total. The van der Waals surface area contributed by atoms with Crippen molar-refractivity contribution in [3.63, 3.8) is 0 Å². The number of hydrogen-bond acceptors (Lipinski definition) is 4. The molecule has 3 heterocycles. The largest absolute Gasteiger partial charge is 0.493 e. The lowest BCUT2D eigenvalue weighted by Gasteiger charge is -2.18. The normalized spacial score (nSPS) is 13.6. The Bertz CT molecular complexity index is 1350. The van der Waals surface area contributed by atoms with Gasteiger partial charge in [0, 0.05) is 17.5 Å². The summed E-state index contributed by atoms with van der Waals surface area (Å²) in [5, 5.41) is 2.82. The zero-order valence-electron chi connectivity index (χ0n) is 17.6. The summed E-state index contributed by atoms with van der Waals surface area (Å²) < 4.78 is 25.4. The van der Waals surface area contributed by atoms with Crippen LogP contribution in [0.15, 0.2) is 60.8 Å². The fraction of sp³-hybridized carbons (Fsp3) is 0.192. The van der Waals surface area contributed by atoms with Crippen molar-refractivity contribution in [2.75, 3.05) is 13.9 Å². The van der Waals surface area contributed by atoms with E-state index in [1.165, 1.54) is 11.1 Å². The first kappa shape index (κ1) is 19.3. The highest BCUT2D eigenvalue weighted by Crippen LogP contribution is 2.41. The van der Waals surface area contributed by atoms with E-state index in [2.05, 4.69) is 35.0 Å². The van der Waals surface area contributed by atoms with Gasteiger partial charge in [-0.1, -0.05) is 23.7 Å². The third-order valence-electron chi connectivity index (χ3n) is 6.09. The maximum absolute atomic E-state index is 6.27. The van der Waals surface area contributed by atoms with E-state index < -0.39 is 0 Å². The summed E-state index contributed by atoms with van der Waals surface area (Å²) in [6.45, 7) is 1.59. The molecule has 0 aliphatic carbocycles. The van der Waals surface area contributed by atoms with E-state index in [1.807, 2.05) is 30.3 Å². The summed E-state index contributed by atoms with van der Waals surface area (Å²) in [4.78, 5) is 0. The molecule has 6 heteroatoms. The van der Waals surface area contributed by atoms with Gasteiger partial charge in [-0.2, -0.15) is 4.57 Å². The number of pyridine rings is 1. The summed E-state index contributed by atoms with van der Waals surface area (Å²) in [6.07, 6.45) is 3.10. The lowest BCUT2D eigenvalue weighted by Crippen LogP contribution is -2.40. The van der Waals surface area contributed by atoms with Crippen LogP contribution >= 0.6 is 11.6 Å². The van der Waals surface area contributed by atoms with Crippen molar-refractivity contribution in [1.82, 2.24) is 0 Å². The molecule has 6 rings (SSSR count). The number of aromatic nitrogens is 1. The standard InChI is InChI=1S/C26H21ClNO4/c1-29-23-7-4-17-10-22-20-12-25-24(31-15-32-25)11-18(20)8-9-28(22)13-21(17)26(23)30-14-16-2-5-19(27)6-3-16/h2-7,10-13H,8-9,14-15H2,1H3/q+1. The Kier molecular flexibility index (Phi) is 4.58. The van der Waals surface area contributed by atoms with Crippen molar-refractivity contribution in [3.8, 4) is 34.3 Å². The first-order valence-electron chi connectivity index (χ1n) is 10.5. The van der Waals surface area contributed by atoms with Gasteiger partial charge in [-0.05, 0) is 52.9 Å². The van der Waals surface area contributed by atoms with Gasteiger partial charge in [-0.15, -0.1) is 0 Å². The third-order valence-corrected chi connectivity index (χ3v) is 6.35. The molecule has 0 saturated carbocycles. The predicted molar refractivity (Wildman–Crippen MR) is 122 cm³/mol. The fourth-order valence-electron chi connectivity index (χ4n) is 4.44. The zero-order chi connectivity index (χ0) is 21.7. The molecule has 5 nitrogen and oxygen atoms in total. The van der Waals surface area contributed by atoms with Crippen molar-refractivity contribution in [3.05, 3.63) is 76.9 Å². The molecule has 3 aromatic carbocycles. The van der Waals surface area contributed by atoms with Gasteiger partial charge in [0.15, 0.2) is 35.7 Å². The van der Waals surface area contributed by atoms with Crippen LogP contribution in [0.5, 0.6) is 23.0 Å². The number of fused-ring (bicyclic) bond motifs is 5. The van der Waals surface area contributed by atoms with Crippen LogP contribution in [-0.4, -0.2) is 13.9 Å². The minimum Gasteiger partial charge on any atom is -0.493 e. The first-order chi connectivity index (χ1) is 15.7. The highest BCUT2D eigenvalue weighted by Gasteiger charge is 2.28. The number of rotatable bonds is 4. The van der Waals surface area contributed by atoms with Crippen LogP contribution in [0, 0.1) is 0 Å². The molecule has 4 aromatic rings. The molecular weight excluding hydrogens is 426 g/mol. The van der Waals surface area contributed by atoms with Crippen molar-refractivity contribution < 1.29 is 23.5 Å². The second-order valence-electron chi connectivity index (χ2n) is 7.98. The Morgan fingerprint density at radius 3 is 2.62 bits per heavy atom. The Hall–Kier alpha value is -3.44. The first-order valence-corrected chi connectivity index (χ1v) is 10.9. The molecule has 0 fully saturated rings. The van der Waals surface area contributed by atoms with Crippen molar-refractivity contribution in [2.45, 2.75) is 19.6 Å². The van der Waals surface area contributed by atoms with Crippen LogP contribution in [-0.2, 0) is 19.6 Å². The van der Waals surface area contributed by atoms with Crippen molar-refractivity contribution >= 4 is 22.4 Å². The van der Waals surface area contributed by atoms with Crippen LogP contribution in [0.2, 0.25) is 5.02 Å². The molecular formula is C26H21ClNO4+. The molecule has 0 saturated heterocycles. The quantitative estimate of drug-likeness (QED) is 0.398. The Labute approximate surface area is 190 Å². The summed E-state index contributed by atoms with van der Waals surface area (Å²) in [6, 6.07) is 18.1. The van der Waals surface area contributed by atoms with E-state index in [-0.39, 0.29) is 6.79 Å². The van der Waals surface area contributed by atoms with E-state index in [4.69, 9.17) is 30.5 Å². The molecule has 32 heavy (non-hydrogen) atoms. The van der Waals surface area contributed by atoms with Gasteiger partial charge in [0.2, 0.25) is 12.5 Å². The van der Waals surface area contributed by atoms with Gasteiger partial charge < -0.3 is 18.9 Å². The summed E-state index contributed by atoms with van der Waals surface area (Å²) in [5.41, 5.74) is 4.66. The predicted octanol–water partition coefficient (Wildman–Crippen LogP) is 5.32. The van der Waals surface area contributed by atoms with Crippen LogP contribution in [0.1, 0.15) is 11.1 Å². The summed E-state index contributed by atoms with van der Waals surface area (Å²) in [5.74, 6) is 3.10. The number of benzene rings is 3. The van der Waals surface area contributed by atoms with Gasteiger partial charge >= 0.3 is 0 Å². The number of aryl methyl sites for hydroxylation is 2. The maximum Gasteiger partial charge on any atom is 0.231 e. The number of halogens is 1. The minimum atomic E-state index is 0.282. The number of hydrogen-bond donors (Lipinski definition) is 0. The number of ether oxygens (including phenoxy) is 4. The molecule has 0 radical (unpaired) electrons. The van der Waals surface area contributed by atoms with Gasteiger partial charge in [0.25, 0.3) is 0 Å². The average Bonchev–Trinajstić information content (AvgIpc) is 3.28. The molecule has 1 aromatic heterocycles. The smallest absolute Gasteiger partial charge is 0.231 e. The summed E-state index contributed by atoms with van der Waals surface area (Å²) in [7, 11) is 1.67. The Morgan fingerprint density at radius 1 is 1.00 bits per heavy atom. The lowest BCUT2D eigenvalue weighted by atomic mass is 9.95. The third kappa shape index (κ3) is 3.21. The lowest BCUT2D eigenvalue weighted by molar-refractivity contribution is -0.686. The van der Waals surface area contributed by atoms with E-state index >= 15 is 0 Å². The average molecular weight is 447 g/mol. The van der Waals surface area contributed by atoms with Crippen LogP contribution in [0.4, 0.5) is 0 Å². The second-order valence-corrected chi connectivity index (χ2v) is 8.42. The number of nitrogens with zero attached hydrogens (tertiary/aromatic N) is 1. The van der Waals surface area contributed by atoms with Gasteiger partial charge in [-0.3, -0.25) is 0 Å². The van der Waals surface area contributed by atoms with E-state index in [0.717, 1.165) is 52.2 Å². The molecule has 2 aliphatic heterocycles. The minimum absolute atomic E-state index is 0.282. The molecule has 160 valence electrons.